The van der Waals surface area contributed by atoms with Gasteiger partial charge in [-0.15, -0.1) is 0 Å². The van der Waals surface area contributed by atoms with E-state index in [-0.39, 0.29) is 5.82 Å². The van der Waals surface area contributed by atoms with Gasteiger partial charge < -0.3 is 5.73 Å². The fourth-order valence-corrected chi connectivity index (χ4v) is 1.93. The second kappa shape index (κ2) is 3.49. The molecule has 0 spiro atoms. The summed E-state index contributed by atoms with van der Waals surface area (Å²) in [6.45, 7) is 2.35. The standard InChI is InChI=1S/C8H9FIN/c1-5-2-6(9)3-8(10)7(5)4-11/h2-3H,4,11H2,1H3. The first kappa shape index (κ1) is 8.93. The maximum absolute atomic E-state index is 12.7. The minimum absolute atomic E-state index is 0.191. The molecule has 1 aromatic carbocycles. The van der Waals surface area contributed by atoms with Crippen molar-refractivity contribution < 1.29 is 4.39 Å². The lowest BCUT2D eigenvalue weighted by Crippen LogP contribution is -2.02. The molecule has 0 heterocycles. The van der Waals surface area contributed by atoms with Crippen molar-refractivity contribution in [3.63, 3.8) is 0 Å². The van der Waals surface area contributed by atoms with E-state index in [4.69, 9.17) is 5.73 Å². The van der Waals surface area contributed by atoms with Gasteiger partial charge in [0.2, 0.25) is 0 Å². The van der Waals surface area contributed by atoms with Crippen LogP contribution in [0.5, 0.6) is 0 Å². The number of aryl methyl sites for hydroxylation is 1. The summed E-state index contributed by atoms with van der Waals surface area (Å²) in [5, 5.41) is 0. The maximum Gasteiger partial charge on any atom is 0.124 e. The molecule has 0 atom stereocenters. The lowest BCUT2D eigenvalue weighted by molar-refractivity contribution is 0.624. The van der Waals surface area contributed by atoms with Crippen LogP contribution in [0, 0.1) is 16.3 Å². The first-order valence-electron chi connectivity index (χ1n) is 3.29. The first-order chi connectivity index (χ1) is 5.15. The summed E-state index contributed by atoms with van der Waals surface area (Å²) in [6.07, 6.45) is 0. The van der Waals surface area contributed by atoms with Gasteiger partial charge in [0.05, 0.1) is 0 Å². The van der Waals surface area contributed by atoms with Crippen molar-refractivity contribution in [2.75, 3.05) is 0 Å². The Bertz CT molecular complexity index is 250. The van der Waals surface area contributed by atoms with Crippen LogP contribution in [0.25, 0.3) is 0 Å². The number of halogens is 2. The van der Waals surface area contributed by atoms with Crippen LogP contribution in [-0.2, 0) is 6.54 Å². The fraction of sp³-hybridized carbons (Fsp3) is 0.250. The van der Waals surface area contributed by atoms with Crippen LogP contribution < -0.4 is 5.73 Å². The normalized spacial score (nSPS) is 10.2. The second-order valence-corrected chi connectivity index (χ2v) is 3.55. The third-order valence-corrected chi connectivity index (χ3v) is 2.55. The van der Waals surface area contributed by atoms with Gasteiger partial charge in [0.1, 0.15) is 5.82 Å². The minimum atomic E-state index is -0.191. The fourth-order valence-electron chi connectivity index (χ4n) is 0.991. The zero-order chi connectivity index (χ0) is 8.43. The molecule has 0 amide bonds. The molecule has 11 heavy (non-hydrogen) atoms. The van der Waals surface area contributed by atoms with Gasteiger partial charge in [0.25, 0.3) is 0 Å². The van der Waals surface area contributed by atoms with Crippen LogP contribution in [0.2, 0.25) is 0 Å². The minimum Gasteiger partial charge on any atom is -0.326 e. The Labute approximate surface area is 78.9 Å². The number of rotatable bonds is 1. The maximum atomic E-state index is 12.7. The highest BCUT2D eigenvalue weighted by Gasteiger charge is 2.03. The van der Waals surface area contributed by atoms with E-state index in [1.54, 1.807) is 0 Å². The molecular weight excluding hydrogens is 256 g/mol. The van der Waals surface area contributed by atoms with Gasteiger partial charge in [-0.2, -0.15) is 0 Å². The van der Waals surface area contributed by atoms with Crippen molar-refractivity contribution in [2.24, 2.45) is 5.73 Å². The molecule has 0 radical (unpaired) electrons. The van der Waals surface area contributed by atoms with E-state index in [1.165, 1.54) is 12.1 Å². The van der Waals surface area contributed by atoms with Gasteiger partial charge in [0.15, 0.2) is 0 Å². The highest BCUT2D eigenvalue weighted by atomic mass is 127. The molecular formula is C8H9FIN. The summed E-state index contributed by atoms with van der Waals surface area (Å²) in [6, 6.07) is 3.00. The molecule has 0 saturated heterocycles. The number of nitrogens with two attached hydrogens (primary N) is 1. The zero-order valence-corrected chi connectivity index (χ0v) is 8.35. The molecule has 0 bridgehead atoms. The Kier molecular flexibility index (Phi) is 2.84. The van der Waals surface area contributed by atoms with E-state index in [9.17, 15) is 4.39 Å². The topological polar surface area (TPSA) is 26.0 Å². The van der Waals surface area contributed by atoms with Crippen molar-refractivity contribution in [1.29, 1.82) is 0 Å². The van der Waals surface area contributed by atoms with Crippen LogP contribution >= 0.6 is 22.6 Å². The van der Waals surface area contributed by atoms with Crippen molar-refractivity contribution in [3.8, 4) is 0 Å². The highest BCUT2D eigenvalue weighted by Crippen LogP contribution is 2.17. The van der Waals surface area contributed by atoms with Crippen molar-refractivity contribution in [2.45, 2.75) is 13.5 Å². The Morgan fingerprint density at radius 1 is 1.55 bits per heavy atom. The van der Waals surface area contributed by atoms with E-state index in [1.807, 2.05) is 6.92 Å². The zero-order valence-electron chi connectivity index (χ0n) is 6.20. The predicted molar refractivity (Wildman–Crippen MR) is 51.7 cm³/mol. The average Bonchev–Trinajstić information content (AvgIpc) is 1.85. The summed E-state index contributed by atoms with van der Waals surface area (Å²) in [4.78, 5) is 0. The Hall–Kier alpha value is -0.160. The lowest BCUT2D eigenvalue weighted by atomic mass is 10.1. The monoisotopic (exact) mass is 265 g/mol. The van der Waals surface area contributed by atoms with E-state index in [0.29, 0.717) is 6.54 Å². The molecule has 0 fully saturated rings. The van der Waals surface area contributed by atoms with Crippen LogP contribution in [0.3, 0.4) is 0 Å². The van der Waals surface area contributed by atoms with Crippen molar-refractivity contribution in [1.82, 2.24) is 0 Å². The molecule has 1 rings (SSSR count). The Morgan fingerprint density at radius 2 is 2.18 bits per heavy atom. The average molecular weight is 265 g/mol. The van der Waals surface area contributed by atoms with Crippen LogP contribution in [-0.4, -0.2) is 0 Å². The molecule has 2 N–H and O–H groups in total. The number of hydrogen-bond acceptors (Lipinski definition) is 1. The summed E-state index contributed by atoms with van der Waals surface area (Å²) in [7, 11) is 0. The molecule has 0 aliphatic rings. The Morgan fingerprint density at radius 3 is 2.64 bits per heavy atom. The van der Waals surface area contributed by atoms with Gasteiger partial charge in [0, 0.05) is 10.1 Å². The summed E-state index contributed by atoms with van der Waals surface area (Å²) in [5.41, 5.74) is 7.44. The van der Waals surface area contributed by atoms with Crippen molar-refractivity contribution >= 4 is 22.6 Å². The van der Waals surface area contributed by atoms with Gasteiger partial charge in [-0.1, -0.05) is 0 Å². The predicted octanol–water partition coefficient (Wildman–Crippen LogP) is 2.20. The quantitative estimate of drug-likeness (QED) is 0.774. The third kappa shape index (κ3) is 1.90. The number of benzene rings is 1. The number of hydrogen-bond donors (Lipinski definition) is 1. The largest absolute Gasteiger partial charge is 0.326 e. The SMILES string of the molecule is Cc1cc(F)cc(I)c1CN. The first-order valence-corrected chi connectivity index (χ1v) is 4.37. The molecule has 0 saturated carbocycles. The van der Waals surface area contributed by atoms with E-state index in [0.717, 1.165) is 14.7 Å². The van der Waals surface area contributed by atoms with Crippen molar-refractivity contribution in [3.05, 3.63) is 32.6 Å². The molecule has 0 aliphatic carbocycles. The van der Waals surface area contributed by atoms with Gasteiger partial charge in [-0.25, -0.2) is 4.39 Å². The van der Waals surface area contributed by atoms with Gasteiger partial charge in [-0.3, -0.25) is 0 Å². The van der Waals surface area contributed by atoms with E-state index >= 15 is 0 Å². The molecule has 3 heteroatoms. The van der Waals surface area contributed by atoms with Crippen LogP contribution in [0.15, 0.2) is 12.1 Å². The summed E-state index contributed by atoms with van der Waals surface area (Å²) >= 11 is 2.09. The highest BCUT2D eigenvalue weighted by molar-refractivity contribution is 14.1. The molecule has 1 nitrogen and oxygen atoms in total. The third-order valence-electron chi connectivity index (χ3n) is 1.59. The summed E-state index contributed by atoms with van der Waals surface area (Å²) < 4.78 is 13.6. The van der Waals surface area contributed by atoms with Crippen LogP contribution in [0.1, 0.15) is 11.1 Å². The second-order valence-electron chi connectivity index (χ2n) is 2.39. The summed E-state index contributed by atoms with van der Waals surface area (Å²) in [5.74, 6) is -0.191. The van der Waals surface area contributed by atoms with Gasteiger partial charge in [-0.05, 0) is 52.8 Å². The molecule has 0 aromatic heterocycles. The van der Waals surface area contributed by atoms with Crippen LogP contribution in [0.4, 0.5) is 4.39 Å². The molecule has 60 valence electrons. The lowest BCUT2D eigenvalue weighted by Gasteiger charge is -2.04. The molecule has 1 aromatic rings. The van der Waals surface area contributed by atoms with Gasteiger partial charge >= 0.3 is 0 Å². The Balaban J connectivity index is 3.25. The molecule has 0 aliphatic heterocycles. The van der Waals surface area contributed by atoms with E-state index in [2.05, 4.69) is 22.6 Å². The smallest absolute Gasteiger partial charge is 0.124 e. The molecule has 0 unspecified atom stereocenters. The van der Waals surface area contributed by atoms with E-state index < -0.39 is 0 Å².